The number of aryl methyl sites for hydroxylation is 1. The number of carbonyl (C=O) groups is 1. The highest BCUT2D eigenvalue weighted by atomic mass is 32.1. The fourth-order valence-electron chi connectivity index (χ4n) is 4.93. The van der Waals surface area contributed by atoms with Crippen molar-refractivity contribution in [3.63, 3.8) is 0 Å². The Hall–Kier alpha value is -2.64. The number of anilines is 2. The second kappa shape index (κ2) is 9.69. The molecule has 1 amide bonds. The zero-order valence-electron chi connectivity index (χ0n) is 19.6. The molecular weight excluding hydrogens is 430 g/mol. The molecule has 0 radical (unpaired) electrons. The van der Waals surface area contributed by atoms with Crippen molar-refractivity contribution >= 4 is 38.8 Å². The van der Waals surface area contributed by atoms with Gasteiger partial charge in [0.05, 0.1) is 5.92 Å². The maximum absolute atomic E-state index is 13.0. The predicted octanol–water partition coefficient (Wildman–Crippen LogP) is 3.89. The Balaban J connectivity index is 1.18. The molecule has 0 saturated carbocycles. The smallest absolute Gasteiger partial charge is 0.225 e. The highest BCUT2D eigenvalue weighted by Crippen LogP contribution is 2.33. The first-order valence-electron chi connectivity index (χ1n) is 12.0. The van der Waals surface area contributed by atoms with Gasteiger partial charge in [0.2, 0.25) is 5.91 Å². The summed E-state index contributed by atoms with van der Waals surface area (Å²) in [4.78, 5) is 26.1. The summed E-state index contributed by atoms with van der Waals surface area (Å²) >= 11 is 1.80. The van der Waals surface area contributed by atoms with Crippen LogP contribution in [0.2, 0.25) is 0 Å². The van der Waals surface area contributed by atoms with Gasteiger partial charge in [-0.2, -0.15) is 0 Å². The zero-order chi connectivity index (χ0) is 22.8. The number of fused-ring (bicyclic) bond motifs is 1. The highest BCUT2D eigenvalue weighted by molar-refractivity contribution is 7.19. The van der Waals surface area contributed by atoms with Crippen LogP contribution in [0.4, 0.5) is 11.5 Å². The number of nitrogens with zero attached hydrogens (tertiary/aromatic N) is 4. The van der Waals surface area contributed by atoms with E-state index < -0.39 is 0 Å². The molecule has 2 saturated heterocycles. The number of rotatable bonds is 5. The van der Waals surface area contributed by atoms with Crippen LogP contribution >= 0.6 is 11.3 Å². The van der Waals surface area contributed by atoms with Gasteiger partial charge >= 0.3 is 0 Å². The van der Waals surface area contributed by atoms with Crippen molar-refractivity contribution in [1.82, 2.24) is 15.2 Å². The Morgan fingerprint density at radius 2 is 1.88 bits per heavy atom. The van der Waals surface area contributed by atoms with Crippen molar-refractivity contribution in [2.24, 2.45) is 5.92 Å². The van der Waals surface area contributed by atoms with Crippen molar-refractivity contribution in [3.8, 4) is 0 Å². The van der Waals surface area contributed by atoms with Crippen LogP contribution in [0.5, 0.6) is 0 Å². The van der Waals surface area contributed by atoms with E-state index in [0.717, 1.165) is 63.5 Å². The molecule has 6 nitrogen and oxygen atoms in total. The molecule has 2 aromatic heterocycles. The number of thiophene rings is 1. The maximum atomic E-state index is 13.0. The predicted molar refractivity (Wildman–Crippen MR) is 137 cm³/mol. The number of nitrogens with one attached hydrogen (secondary N) is 1. The second-order valence-electron chi connectivity index (χ2n) is 9.36. The fourth-order valence-corrected chi connectivity index (χ4v) is 5.85. The molecule has 0 aliphatic carbocycles. The third-order valence-corrected chi connectivity index (χ3v) is 7.93. The molecule has 0 spiro atoms. The number of carbonyl (C=O) groups excluding carboxylic acids is 1. The molecule has 1 N–H and O–H groups in total. The number of pyridine rings is 1. The molecule has 33 heavy (non-hydrogen) atoms. The van der Waals surface area contributed by atoms with Crippen LogP contribution < -0.4 is 15.1 Å². The van der Waals surface area contributed by atoms with Gasteiger partial charge in [-0.1, -0.05) is 12.1 Å². The van der Waals surface area contributed by atoms with Crippen LogP contribution in [0.15, 0.2) is 42.6 Å². The molecular formula is C26H33N5OS. The van der Waals surface area contributed by atoms with Crippen molar-refractivity contribution in [3.05, 3.63) is 53.0 Å². The van der Waals surface area contributed by atoms with Gasteiger partial charge in [-0.3, -0.25) is 4.79 Å². The number of benzene rings is 1. The van der Waals surface area contributed by atoms with Gasteiger partial charge in [-0.05, 0) is 56.6 Å². The Morgan fingerprint density at radius 1 is 1.09 bits per heavy atom. The quantitative estimate of drug-likeness (QED) is 0.622. The lowest BCUT2D eigenvalue weighted by Gasteiger charge is -2.34. The van der Waals surface area contributed by atoms with Crippen molar-refractivity contribution in [1.29, 1.82) is 0 Å². The lowest BCUT2D eigenvalue weighted by molar-refractivity contribution is -0.125. The molecule has 4 heterocycles. The number of hydrogen-bond donors (Lipinski definition) is 1. The molecule has 5 rings (SSSR count). The largest absolute Gasteiger partial charge is 0.369 e. The van der Waals surface area contributed by atoms with E-state index in [9.17, 15) is 4.79 Å². The molecule has 2 aliphatic rings. The van der Waals surface area contributed by atoms with E-state index in [1.54, 1.807) is 11.3 Å². The van der Waals surface area contributed by atoms with Gasteiger partial charge in [-0.15, -0.1) is 11.3 Å². The van der Waals surface area contributed by atoms with E-state index in [1.165, 1.54) is 20.7 Å². The summed E-state index contributed by atoms with van der Waals surface area (Å²) in [6.45, 7) is 8.75. The van der Waals surface area contributed by atoms with Gasteiger partial charge in [0.25, 0.3) is 0 Å². The first kappa shape index (κ1) is 22.2. The van der Waals surface area contributed by atoms with E-state index in [-0.39, 0.29) is 11.8 Å². The first-order valence-corrected chi connectivity index (χ1v) is 12.8. The summed E-state index contributed by atoms with van der Waals surface area (Å²) < 4.78 is 1.27. The number of hydrogen-bond acceptors (Lipinski definition) is 6. The summed E-state index contributed by atoms with van der Waals surface area (Å²) in [7, 11) is 2.18. The van der Waals surface area contributed by atoms with Gasteiger partial charge in [0, 0.05) is 72.7 Å². The number of piperazine rings is 1. The summed E-state index contributed by atoms with van der Waals surface area (Å²) in [5, 5.41) is 4.39. The van der Waals surface area contributed by atoms with Crippen LogP contribution in [0.1, 0.15) is 23.3 Å². The molecule has 174 valence electrons. The van der Waals surface area contributed by atoms with E-state index in [0.29, 0.717) is 6.54 Å². The fraction of sp³-hybridized carbons (Fsp3) is 0.462. The average Bonchev–Trinajstić information content (AvgIpc) is 3.24. The normalized spacial score (nSPS) is 19.8. The van der Waals surface area contributed by atoms with Crippen LogP contribution in [0.25, 0.3) is 10.1 Å². The Kier molecular flexibility index (Phi) is 6.51. The van der Waals surface area contributed by atoms with E-state index >= 15 is 0 Å². The average molecular weight is 464 g/mol. The molecule has 2 aliphatic heterocycles. The molecule has 3 aromatic rings. The first-order chi connectivity index (χ1) is 16.1. The van der Waals surface area contributed by atoms with Crippen LogP contribution in [0, 0.1) is 12.8 Å². The van der Waals surface area contributed by atoms with Gasteiger partial charge in [-0.25, -0.2) is 4.98 Å². The summed E-state index contributed by atoms with van der Waals surface area (Å²) in [5.74, 6) is 1.17. The Labute approximate surface area is 200 Å². The SMILES string of the molecule is Cc1cc2c(N3CCC[C@H](C(=O)NCc4ccc(N5CCN(C)CC5)cc4)C3)nccc2s1. The highest BCUT2D eigenvalue weighted by Gasteiger charge is 2.27. The molecule has 0 unspecified atom stereocenters. The molecule has 1 aromatic carbocycles. The third-order valence-electron chi connectivity index (χ3n) is 6.91. The van der Waals surface area contributed by atoms with Gasteiger partial charge in [0.1, 0.15) is 5.82 Å². The van der Waals surface area contributed by atoms with Gasteiger partial charge in [0.15, 0.2) is 0 Å². The van der Waals surface area contributed by atoms with E-state index in [1.807, 2.05) is 6.20 Å². The number of amides is 1. The second-order valence-corrected chi connectivity index (χ2v) is 10.7. The summed E-state index contributed by atoms with van der Waals surface area (Å²) in [6, 6.07) is 13.0. The van der Waals surface area contributed by atoms with E-state index in [4.69, 9.17) is 0 Å². The zero-order valence-corrected chi connectivity index (χ0v) is 20.4. The summed E-state index contributed by atoms with van der Waals surface area (Å²) in [5.41, 5.74) is 2.42. The standard InChI is InChI=1S/C26H33N5OS/c1-19-16-23-24(33-19)9-10-27-25(23)31-11-3-4-21(18-31)26(32)28-17-20-5-7-22(8-6-20)30-14-12-29(2)13-15-30/h5-10,16,21H,3-4,11-15,17-18H2,1-2H3,(H,28,32)/t21-/m0/s1. The van der Waals surface area contributed by atoms with Crippen LogP contribution in [0.3, 0.4) is 0 Å². The summed E-state index contributed by atoms with van der Waals surface area (Å²) in [6.07, 6.45) is 3.84. The third kappa shape index (κ3) is 4.99. The number of aromatic nitrogens is 1. The van der Waals surface area contributed by atoms with Gasteiger partial charge < -0.3 is 20.0 Å². The molecule has 0 bridgehead atoms. The minimum atomic E-state index is 0.000140. The van der Waals surface area contributed by atoms with E-state index in [2.05, 4.69) is 75.4 Å². The molecule has 1 atom stereocenters. The van der Waals surface area contributed by atoms with Crippen molar-refractivity contribution in [2.45, 2.75) is 26.3 Å². The van der Waals surface area contributed by atoms with Crippen molar-refractivity contribution < 1.29 is 4.79 Å². The minimum Gasteiger partial charge on any atom is -0.369 e. The Bertz CT molecular complexity index is 1100. The lowest BCUT2D eigenvalue weighted by Crippen LogP contribution is -2.44. The lowest BCUT2D eigenvalue weighted by atomic mass is 9.96. The Morgan fingerprint density at radius 3 is 2.67 bits per heavy atom. The maximum Gasteiger partial charge on any atom is 0.225 e. The van der Waals surface area contributed by atoms with Crippen molar-refractivity contribution in [2.75, 3.05) is 56.1 Å². The number of likely N-dealkylation sites (N-methyl/N-ethyl adjacent to an activating group) is 1. The number of piperidine rings is 1. The minimum absolute atomic E-state index is 0.000140. The van der Waals surface area contributed by atoms with Crippen LogP contribution in [-0.2, 0) is 11.3 Å². The topological polar surface area (TPSA) is 51.7 Å². The molecule has 2 fully saturated rings. The monoisotopic (exact) mass is 463 g/mol. The van der Waals surface area contributed by atoms with Crippen LogP contribution in [-0.4, -0.2) is 62.1 Å². The molecule has 7 heteroatoms.